The molecule has 2 N–H and O–H groups in total. The smallest absolute Gasteiger partial charge is 0.325 e. The van der Waals surface area contributed by atoms with Crippen LogP contribution >= 0.6 is 0 Å². The normalized spacial score (nSPS) is 20.2. The van der Waals surface area contributed by atoms with Gasteiger partial charge in [0.25, 0.3) is 5.91 Å². The molecule has 0 bridgehead atoms. The van der Waals surface area contributed by atoms with Crippen molar-refractivity contribution >= 4 is 17.8 Å². The number of nitrogens with zero attached hydrogens (tertiary/aromatic N) is 1. The molecule has 0 saturated carbocycles. The molecule has 1 unspecified atom stereocenters. The molecular formula is C19H23N3O3. The van der Waals surface area contributed by atoms with E-state index in [1.807, 2.05) is 19.9 Å². The van der Waals surface area contributed by atoms with Crippen LogP contribution in [0, 0.1) is 12.3 Å². The monoisotopic (exact) mass is 341 g/mol. The number of carbonyl (C=O) groups excluding carboxylic acids is 3. The molecule has 1 aliphatic heterocycles. The number of imide groups is 1. The molecule has 1 aromatic carbocycles. The van der Waals surface area contributed by atoms with Gasteiger partial charge in [0.05, 0.1) is 0 Å². The highest BCUT2D eigenvalue weighted by atomic mass is 16.2. The molecule has 0 spiro atoms. The largest absolute Gasteiger partial charge is 0.338 e. The highest BCUT2D eigenvalue weighted by Gasteiger charge is 2.49. The van der Waals surface area contributed by atoms with Gasteiger partial charge in [-0.2, -0.15) is 0 Å². The van der Waals surface area contributed by atoms with E-state index in [0.717, 1.165) is 4.90 Å². The Balaban J connectivity index is 2.16. The molecular weight excluding hydrogens is 318 g/mol. The molecule has 0 radical (unpaired) electrons. The molecule has 6 heteroatoms. The standard InChI is InChI=1S/C19H23N3O3/c1-5-19(6-2,7-3)20-15(23)13-22-16(24)18(4,21-17(22)25)14-11-9-8-10-12-14/h1,8-12H,6-7,13H2,2-4H3,(H,20,23)(H,21,25). The number of carbonyl (C=O) groups is 3. The van der Waals surface area contributed by atoms with Crippen molar-refractivity contribution in [2.75, 3.05) is 6.54 Å². The third-order valence-corrected chi connectivity index (χ3v) is 4.79. The lowest BCUT2D eigenvalue weighted by Crippen LogP contribution is -2.51. The van der Waals surface area contributed by atoms with Crippen LogP contribution in [0.5, 0.6) is 0 Å². The molecule has 1 aliphatic rings. The third-order valence-electron chi connectivity index (χ3n) is 4.79. The van der Waals surface area contributed by atoms with Crippen LogP contribution in [0.15, 0.2) is 30.3 Å². The molecule has 6 nitrogen and oxygen atoms in total. The number of benzene rings is 1. The molecule has 1 fully saturated rings. The second-order valence-corrected chi connectivity index (χ2v) is 6.29. The predicted molar refractivity (Wildman–Crippen MR) is 94.3 cm³/mol. The van der Waals surface area contributed by atoms with Crippen LogP contribution in [0.2, 0.25) is 0 Å². The van der Waals surface area contributed by atoms with Gasteiger partial charge in [0.1, 0.15) is 17.6 Å². The minimum atomic E-state index is -1.18. The van der Waals surface area contributed by atoms with Crippen molar-refractivity contribution in [1.82, 2.24) is 15.5 Å². The van der Waals surface area contributed by atoms with Gasteiger partial charge in [0, 0.05) is 0 Å². The van der Waals surface area contributed by atoms with E-state index < -0.39 is 28.9 Å². The second-order valence-electron chi connectivity index (χ2n) is 6.29. The van der Waals surface area contributed by atoms with Gasteiger partial charge in [-0.05, 0) is 25.3 Å². The van der Waals surface area contributed by atoms with Crippen LogP contribution in [0.4, 0.5) is 4.79 Å². The molecule has 132 valence electrons. The van der Waals surface area contributed by atoms with Crippen molar-refractivity contribution in [1.29, 1.82) is 0 Å². The Bertz CT molecular complexity index is 719. The van der Waals surface area contributed by atoms with Gasteiger partial charge in [-0.15, -0.1) is 6.42 Å². The summed E-state index contributed by atoms with van der Waals surface area (Å²) in [5.74, 6) is 1.68. The maximum atomic E-state index is 12.8. The zero-order valence-electron chi connectivity index (χ0n) is 14.8. The van der Waals surface area contributed by atoms with E-state index >= 15 is 0 Å². The summed E-state index contributed by atoms with van der Waals surface area (Å²) in [5, 5.41) is 5.44. The van der Waals surface area contributed by atoms with Gasteiger partial charge in [0.15, 0.2) is 0 Å². The average Bonchev–Trinajstić information content (AvgIpc) is 2.85. The summed E-state index contributed by atoms with van der Waals surface area (Å²) in [7, 11) is 0. The number of hydrogen-bond acceptors (Lipinski definition) is 3. The molecule has 1 atom stereocenters. The van der Waals surface area contributed by atoms with Crippen LogP contribution in [0.25, 0.3) is 0 Å². The lowest BCUT2D eigenvalue weighted by atomic mass is 9.92. The molecule has 25 heavy (non-hydrogen) atoms. The Morgan fingerprint density at radius 2 is 1.88 bits per heavy atom. The van der Waals surface area contributed by atoms with Crippen molar-refractivity contribution in [3.8, 4) is 12.3 Å². The van der Waals surface area contributed by atoms with Crippen molar-refractivity contribution in [2.45, 2.75) is 44.7 Å². The van der Waals surface area contributed by atoms with E-state index in [2.05, 4.69) is 16.6 Å². The first-order valence-electron chi connectivity index (χ1n) is 8.30. The van der Waals surface area contributed by atoms with E-state index in [1.165, 1.54) is 0 Å². The fourth-order valence-corrected chi connectivity index (χ4v) is 2.92. The fourth-order valence-electron chi connectivity index (χ4n) is 2.92. The van der Waals surface area contributed by atoms with E-state index in [4.69, 9.17) is 6.42 Å². The summed E-state index contributed by atoms with van der Waals surface area (Å²) in [6.07, 6.45) is 6.66. The van der Waals surface area contributed by atoms with Crippen LogP contribution in [0.1, 0.15) is 39.2 Å². The van der Waals surface area contributed by atoms with Crippen LogP contribution in [0.3, 0.4) is 0 Å². The summed E-state index contributed by atoms with van der Waals surface area (Å²) in [6, 6.07) is 8.34. The number of amides is 4. The van der Waals surface area contributed by atoms with Crippen molar-refractivity contribution < 1.29 is 14.4 Å². The molecule has 0 aliphatic carbocycles. The highest BCUT2D eigenvalue weighted by Crippen LogP contribution is 2.28. The van der Waals surface area contributed by atoms with Gasteiger partial charge in [-0.1, -0.05) is 50.1 Å². The molecule has 0 aromatic heterocycles. The van der Waals surface area contributed by atoms with Crippen LogP contribution in [-0.4, -0.2) is 34.8 Å². The summed E-state index contributed by atoms with van der Waals surface area (Å²) in [4.78, 5) is 38.3. The van der Waals surface area contributed by atoms with Gasteiger partial charge >= 0.3 is 6.03 Å². The Morgan fingerprint density at radius 1 is 1.28 bits per heavy atom. The highest BCUT2D eigenvalue weighted by molar-refractivity contribution is 6.09. The Labute approximate surface area is 148 Å². The number of hydrogen-bond donors (Lipinski definition) is 2. The van der Waals surface area contributed by atoms with Crippen LogP contribution < -0.4 is 10.6 Å². The first-order valence-corrected chi connectivity index (χ1v) is 8.30. The number of rotatable bonds is 6. The zero-order chi connectivity index (χ0) is 18.7. The lowest BCUT2D eigenvalue weighted by molar-refractivity contribution is -0.135. The van der Waals surface area contributed by atoms with Crippen molar-refractivity contribution in [3.63, 3.8) is 0 Å². The SMILES string of the molecule is C#CC(CC)(CC)NC(=O)CN1C(=O)NC(C)(c2ccccc2)C1=O. The quantitative estimate of drug-likeness (QED) is 0.611. The van der Waals surface area contributed by atoms with E-state index in [1.54, 1.807) is 31.2 Å². The summed E-state index contributed by atoms with van der Waals surface area (Å²) in [6.45, 7) is 5.02. The second kappa shape index (κ2) is 6.98. The Morgan fingerprint density at radius 3 is 2.40 bits per heavy atom. The third kappa shape index (κ3) is 3.36. The fraction of sp³-hybridized carbons (Fsp3) is 0.421. The first kappa shape index (κ1) is 18.5. The zero-order valence-corrected chi connectivity index (χ0v) is 14.8. The van der Waals surface area contributed by atoms with Gasteiger partial charge in [0.2, 0.25) is 5.91 Å². The molecule has 1 aromatic rings. The summed E-state index contributed by atoms with van der Waals surface area (Å²) >= 11 is 0. The number of urea groups is 1. The van der Waals surface area contributed by atoms with Gasteiger partial charge in [-0.25, -0.2) is 4.79 Å². The van der Waals surface area contributed by atoms with Gasteiger partial charge in [-0.3, -0.25) is 14.5 Å². The summed E-state index contributed by atoms with van der Waals surface area (Å²) in [5.41, 5.74) is -1.28. The topological polar surface area (TPSA) is 78.5 Å². The predicted octanol–water partition coefficient (Wildman–Crippen LogP) is 1.76. The Kier molecular flexibility index (Phi) is 5.17. The lowest BCUT2D eigenvalue weighted by Gasteiger charge is -2.28. The number of nitrogens with one attached hydrogen (secondary N) is 2. The summed E-state index contributed by atoms with van der Waals surface area (Å²) < 4.78 is 0. The molecule has 2 rings (SSSR count). The first-order chi connectivity index (χ1) is 11.8. The molecule has 1 saturated heterocycles. The van der Waals surface area contributed by atoms with Gasteiger partial charge < -0.3 is 10.6 Å². The maximum Gasteiger partial charge on any atom is 0.325 e. The van der Waals surface area contributed by atoms with E-state index in [0.29, 0.717) is 18.4 Å². The maximum absolute atomic E-state index is 12.8. The van der Waals surface area contributed by atoms with E-state index in [-0.39, 0.29) is 6.54 Å². The number of terminal acetylenes is 1. The minimum absolute atomic E-state index is 0.365. The minimum Gasteiger partial charge on any atom is -0.338 e. The van der Waals surface area contributed by atoms with E-state index in [9.17, 15) is 14.4 Å². The van der Waals surface area contributed by atoms with Crippen LogP contribution in [-0.2, 0) is 15.1 Å². The molecule has 4 amide bonds. The van der Waals surface area contributed by atoms with Crippen molar-refractivity contribution in [2.24, 2.45) is 0 Å². The van der Waals surface area contributed by atoms with Crippen molar-refractivity contribution in [3.05, 3.63) is 35.9 Å². The average molecular weight is 341 g/mol. The molecule has 1 heterocycles. The Hall–Kier alpha value is -2.81.